The van der Waals surface area contributed by atoms with E-state index in [1.807, 2.05) is 0 Å². The first-order chi connectivity index (χ1) is 9.40. The summed E-state index contributed by atoms with van der Waals surface area (Å²) in [6.07, 6.45) is 6.64. The van der Waals surface area contributed by atoms with Gasteiger partial charge in [0, 0.05) is 13.2 Å². The topological polar surface area (TPSA) is 21.3 Å². The maximum Gasteiger partial charge on any atom is 0.0576 e. The molecule has 1 N–H and O–H groups in total. The Morgan fingerprint density at radius 3 is 2.84 bits per heavy atom. The van der Waals surface area contributed by atoms with E-state index >= 15 is 0 Å². The van der Waals surface area contributed by atoms with Crippen LogP contribution >= 0.6 is 0 Å². The molecule has 19 heavy (non-hydrogen) atoms. The molecule has 2 heteroatoms. The smallest absolute Gasteiger partial charge is 0.0576 e. The fraction of sp³-hybridized carbons (Fsp3) is 0.647. The van der Waals surface area contributed by atoms with Crippen LogP contribution in [0.15, 0.2) is 30.3 Å². The van der Waals surface area contributed by atoms with Crippen molar-refractivity contribution in [2.24, 2.45) is 0 Å². The Labute approximate surface area is 117 Å². The molecule has 0 aromatic heterocycles. The molecule has 1 fully saturated rings. The van der Waals surface area contributed by atoms with E-state index in [-0.39, 0.29) is 0 Å². The van der Waals surface area contributed by atoms with Crippen molar-refractivity contribution in [3.63, 3.8) is 0 Å². The van der Waals surface area contributed by atoms with Crippen LogP contribution in [0.3, 0.4) is 0 Å². The molecule has 2 nitrogen and oxygen atoms in total. The van der Waals surface area contributed by atoms with Crippen LogP contribution < -0.4 is 5.32 Å². The number of ether oxygens (including phenoxy) is 1. The first-order valence-electron chi connectivity index (χ1n) is 7.77. The monoisotopic (exact) mass is 261 g/mol. The summed E-state index contributed by atoms with van der Waals surface area (Å²) in [5.41, 5.74) is 1.46. The molecule has 1 aliphatic heterocycles. The number of hydrogen-bond donors (Lipinski definition) is 1. The van der Waals surface area contributed by atoms with Gasteiger partial charge in [0.05, 0.1) is 6.10 Å². The second-order valence-electron chi connectivity index (χ2n) is 5.52. The third kappa shape index (κ3) is 4.96. The van der Waals surface area contributed by atoms with E-state index in [1.165, 1.54) is 37.7 Å². The van der Waals surface area contributed by atoms with E-state index in [2.05, 4.69) is 42.6 Å². The van der Waals surface area contributed by atoms with Gasteiger partial charge in [-0.15, -0.1) is 0 Å². The Bertz CT molecular complexity index is 332. The molecule has 0 aliphatic carbocycles. The molecule has 2 atom stereocenters. The molecule has 0 saturated carbocycles. The van der Waals surface area contributed by atoms with Gasteiger partial charge in [0.15, 0.2) is 0 Å². The summed E-state index contributed by atoms with van der Waals surface area (Å²) in [5, 5.41) is 3.57. The summed E-state index contributed by atoms with van der Waals surface area (Å²) in [7, 11) is 0. The van der Waals surface area contributed by atoms with E-state index in [1.54, 1.807) is 0 Å². The van der Waals surface area contributed by atoms with E-state index in [0.29, 0.717) is 12.0 Å². The van der Waals surface area contributed by atoms with Gasteiger partial charge in [-0.25, -0.2) is 0 Å². The van der Waals surface area contributed by atoms with Gasteiger partial charge < -0.3 is 10.1 Å². The molecule has 1 heterocycles. The Balaban J connectivity index is 1.85. The molecule has 1 saturated heterocycles. The molecule has 0 amide bonds. The Morgan fingerprint density at radius 1 is 1.32 bits per heavy atom. The Kier molecular flexibility index (Phi) is 6.38. The van der Waals surface area contributed by atoms with Crippen molar-refractivity contribution in [3.05, 3.63) is 35.9 Å². The lowest BCUT2D eigenvalue weighted by molar-refractivity contribution is 0.101. The molecule has 0 radical (unpaired) electrons. The van der Waals surface area contributed by atoms with Crippen LogP contribution in [0.4, 0.5) is 0 Å². The van der Waals surface area contributed by atoms with Crippen LogP contribution in [0.5, 0.6) is 0 Å². The number of nitrogens with one attached hydrogen (secondary N) is 1. The van der Waals surface area contributed by atoms with E-state index in [0.717, 1.165) is 19.7 Å². The lowest BCUT2D eigenvalue weighted by Crippen LogP contribution is -2.23. The minimum Gasteiger partial charge on any atom is -0.378 e. The fourth-order valence-electron chi connectivity index (χ4n) is 2.82. The summed E-state index contributed by atoms with van der Waals surface area (Å²) >= 11 is 0. The van der Waals surface area contributed by atoms with Gasteiger partial charge in [-0.1, -0.05) is 37.3 Å². The van der Waals surface area contributed by atoms with Crippen molar-refractivity contribution < 1.29 is 4.74 Å². The molecule has 2 unspecified atom stereocenters. The summed E-state index contributed by atoms with van der Waals surface area (Å²) in [5.74, 6) is 0.622. The minimum absolute atomic E-state index is 0.511. The van der Waals surface area contributed by atoms with Crippen molar-refractivity contribution in [3.8, 4) is 0 Å². The zero-order valence-corrected chi connectivity index (χ0v) is 12.1. The third-order valence-corrected chi connectivity index (χ3v) is 3.95. The summed E-state index contributed by atoms with van der Waals surface area (Å²) in [4.78, 5) is 0. The van der Waals surface area contributed by atoms with Crippen LogP contribution in [0, 0.1) is 0 Å². The van der Waals surface area contributed by atoms with Crippen molar-refractivity contribution in [1.82, 2.24) is 5.32 Å². The highest BCUT2D eigenvalue weighted by molar-refractivity contribution is 5.19. The normalized spacial score (nSPS) is 20.6. The van der Waals surface area contributed by atoms with Gasteiger partial charge >= 0.3 is 0 Å². The van der Waals surface area contributed by atoms with Crippen LogP contribution in [0.25, 0.3) is 0 Å². The second kappa shape index (κ2) is 8.34. The molecule has 0 spiro atoms. The summed E-state index contributed by atoms with van der Waals surface area (Å²) < 4.78 is 5.74. The van der Waals surface area contributed by atoms with Crippen molar-refractivity contribution in [2.45, 2.75) is 51.0 Å². The van der Waals surface area contributed by atoms with Gasteiger partial charge in [-0.2, -0.15) is 0 Å². The van der Waals surface area contributed by atoms with Gasteiger partial charge in [0.1, 0.15) is 0 Å². The fourth-order valence-corrected chi connectivity index (χ4v) is 2.82. The highest BCUT2D eigenvalue weighted by Gasteiger charge is 2.18. The first-order valence-corrected chi connectivity index (χ1v) is 7.77. The van der Waals surface area contributed by atoms with Crippen LogP contribution in [0.1, 0.15) is 50.5 Å². The highest BCUT2D eigenvalue weighted by atomic mass is 16.5. The molecular formula is C17H27NO. The average molecular weight is 261 g/mol. The standard InChI is InChI=1S/C17H27NO/c1-2-12-18-14-16(15-7-4-3-5-8-15)10-11-17-9-6-13-19-17/h3-5,7-8,16-18H,2,6,9-14H2,1H3. The Hall–Kier alpha value is -0.860. The van der Waals surface area contributed by atoms with Crippen LogP contribution in [-0.4, -0.2) is 25.8 Å². The Morgan fingerprint density at radius 2 is 2.16 bits per heavy atom. The van der Waals surface area contributed by atoms with Crippen molar-refractivity contribution >= 4 is 0 Å². The largest absolute Gasteiger partial charge is 0.378 e. The lowest BCUT2D eigenvalue weighted by Gasteiger charge is -2.20. The number of hydrogen-bond acceptors (Lipinski definition) is 2. The maximum absolute atomic E-state index is 5.74. The zero-order chi connectivity index (χ0) is 13.3. The van der Waals surface area contributed by atoms with Crippen LogP contribution in [0.2, 0.25) is 0 Å². The minimum atomic E-state index is 0.511. The van der Waals surface area contributed by atoms with Gasteiger partial charge in [0.25, 0.3) is 0 Å². The van der Waals surface area contributed by atoms with Crippen LogP contribution in [-0.2, 0) is 4.74 Å². The molecule has 0 bridgehead atoms. The summed E-state index contributed by atoms with van der Waals surface area (Å²) in [6.45, 7) is 5.39. The average Bonchev–Trinajstić information content (AvgIpc) is 2.97. The molecular weight excluding hydrogens is 234 g/mol. The molecule has 1 aliphatic rings. The molecule has 1 aromatic rings. The SMILES string of the molecule is CCCNCC(CCC1CCCO1)c1ccccc1. The van der Waals surface area contributed by atoms with E-state index < -0.39 is 0 Å². The quantitative estimate of drug-likeness (QED) is 0.720. The molecule has 1 aromatic carbocycles. The summed E-state index contributed by atoms with van der Waals surface area (Å²) in [6, 6.07) is 10.9. The van der Waals surface area contributed by atoms with Gasteiger partial charge in [-0.3, -0.25) is 0 Å². The molecule has 106 valence electrons. The first kappa shape index (κ1) is 14.5. The zero-order valence-electron chi connectivity index (χ0n) is 12.1. The van der Waals surface area contributed by atoms with Crippen molar-refractivity contribution in [1.29, 1.82) is 0 Å². The lowest BCUT2D eigenvalue weighted by atomic mass is 9.92. The maximum atomic E-state index is 5.74. The van der Waals surface area contributed by atoms with E-state index in [9.17, 15) is 0 Å². The number of rotatable bonds is 8. The third-order valence-electron chi connectivity index (χ3n) is 3.95. The predicted octanol–water partition coefficient (Wildman–Crippen LogP) is 3.73. The molecule has 2 rings (SSSR count). The van der Waals surface area contributed by atoms with Gasteiger partial charge in [-0.05, 0) is 50.1 Å². The second-order valence-corrected chi connectivity index (χ2v) is 5.52. The highest BCUT2D eigenvalue weighted by Crippen LogP contribution is 2.25. The van der Waals surface area contributed by atoms with Crippen molar-refractivity contribution in [2.75, 3.05) is 19.7 Å². The van der Waals surface area contributed by atoms with Gasteiger partial charge in [0.2, 0.25) is 0 Å². The van der Waals surface area contributed by atoms with E-state index in [4.69, 9.17) is 4.74 Å². The predicted molar refractivity (Wildman–Crippen MR) is 80.6 cm³/mol. The number of benzene rings is 1.